The van der Waals surface area contributed by atoms with Crippen LogP contribution in [0.3, 0.4) is 0 Å². The van der Waals surface area contributed by atoms with Gasteiger partial charge in [-0.25, -0.2) is 0 Å². The van der Waals surface area contributed by atoms with Gasteiger partial charge in [-0.1, -0.05) is 12.1 Å². The Kier molecular flexibility index (Phi) is 6.83. The molecule has 0 fully saturated rings. The van der Waals surface area contributed by atoms with E-state index in [-0.39, 0.29) is 18.2 Å². The third-order valence-corrected chi connectivity index (χ3v) is 3.24. The van der Waals surface area contributed by atoms with Crippen LogP contribution in [0.25, 0.3) is 0 Å². The molecule has 0 aromatic heterocycles. The van der Waals surface area contributed by atoms with Crippen LogP contribution in [0.1, 0.15) is 12.0 Å². The number of halogens is 3. The number of carbonyl (C=O) groups excluding carboxylic acids is 1. The van der Waals surface area contributed by atoms with Crippen molar-refractivity contribution in [1.29, 1.82) is 0 Å². The van der Waals surface area contributed by atoms with Crippen molar-refractivity contribution in [3.8, 4) is 5.75 Å². The minimum atomic E-state index is -4.71. The topological polar surface area (TPSA) is 64.4 Å². The minimum Gasteiger partial charge on any atom is -0.406 e. The number of hydrogen-bond donors (Lipinski definition) is 2. The van der Waals surface area contributed by atoms with Gasteiger partial charge in [-0.05, 0) is 36.1 Å². The van der Waals surface area contributed by atoms with E-state index < -0.39 is 12.4 Å². The molecule has 0 bridgehead atoms. The van der Waals surface area contributed by atoms with Crippen LogP contribution in [-0.4, -0.2) is 30.3 Å². The smallest absolute Gasteiger partial charge is 0.406 e. The fourth-order valence-corrected chi connectivity index (χ4v) is 1.99. The van der Waals surface area contributed by atoms with Crippen LogP contribution in [0.2, 0.25) is 0 Å². The highest BCUT2D eigenvalue weighted by Crippen LogP contribution is 2.22. The molecule has 4 nitrogen and oxygen atoms in total. The summed E-state index contributed by atoms with van der Waals surface area (Å²) in [5.74, 6) is 0.215. The van der Waals surface area contributed by atoms with Gasteiger partial charge in [0.1, 0.15) is 5.75 Å². The second kappa shape index (κ2) is 8.14. The predicted molar refractivity (Wildman–Crippen MR) is 75.9 cm³/mol. The Labute approximate surface area is 125 Å². The zero-order valence-electron chi connectivity index (χ0n) is 11.4. The molecular formula is C13H17F3N2O2S. The number of alkyl halides is 3. The van der Waals surface area contributed by atoms with Crippen LogP contribution in [0.5, 0.6) is 5.75 Å². The van der Waals surface area contributed by atoms with Crippen LogP contribution < -0.4 is 15.8 Å². The molecule has 0 aliphatic rings. The van der Waals surface area contributed by atoms with Gasteiger partial charge in [-0.15, -0.1) is 13.2 Å². The van der Waals surface area contributed by atoms with Crippen molar-refractivity contribution in [1.82, 2.24) is 5.32 Å². The first-order valence-electron chi connectivity index (χ1n) is 6.18. The Hall–Kier alpha value is -1.41. The van der Waals surface area contributed by atoms with Gasteiger partial charge < -0.3 is 15.8 Å². The van der Waals surface area contributed by atoms with Gasteiger partial charge in [0.05, 0.1) is 6.04 Å². The van der Waals surface area contributed by atoms with Gasteiger partial charge >= 0.3 is 6.36 Å². The standard InChI is InChI=1S/C13H17F3N2O2S/c1-21-7-6-11(17)12(19)18-8-9-2-4-10(5-3-9)20-13(14,15)16/h2-5,11H,6-8,17H2,1H3,(H,18,19)/t11-/m0/s1. The van der Waals surface area contributed by atoms with E-state index >= 15 is 0 Å². The maximum absolute atomic E-state index is 12.0. The molecule has 0 saturated heterocycles. The van der Waals surface area contributed by atoms with Gasteiger partial charge in [0.15, 0.2) is 0 Å². The summed E-state index contributed by atoms with van der Waals surface area (Å²) < 4.78 is 39.7. The van der Waals surface area contributed by atoms with E-state index in [4.69, 9.17) is 5.73 Å². The van der Waals surface area contributed by atoms with E-state index in [2.05, 4.69) is 10.1 Å². The van der Waals surface area contributed by atoms with Gasteiger partial charge in [-0.3, -0.25) is 4.79 Å². The number of benzene rings is 1. The lowest BCUT2D eigenvalue weighted by atomic mass is 10.2. The lowest BCUT2D eigenvalue weighted by Gasteiger charge is -2.12. The normalized spacial score (nSPS) is 12.8. The average Bonchev–Trinajstić information content (AvgIpc) is 2.42. The maximum Gasteiger partial charge on any atom is 0.573 e. The Morgan fingerprint density at radius 2 is 2.00 bits per heavy atom. The number of ether oxygens (including phenoxy) is 1. The molecule has 8 heteroatoms. The zero-order valence-corrected chi connectivity index (χ0v) is 12.3. The summed E-state index contributed by atoms with van der Waals surface area (Å²) in [6.45, 7) is 0.206. The molecule has 0 aliphatic heterocycles. The van der Waals surface area contributed by atoms with Crippen molar-refractivity contribution in [2.24, 2.45) is 5.73 Å². The van der Waals surface area contributed by atoms with Crippen LogP contribution in [-0.2, 0) is 11.3 Å². The molecule has 21 heavy (non-hydrogen) atoms. The summed E-state index contributed by atoms with van der Waals surface area (Å²) in [7, 11) is 0. The Balaban J connectivity index is 2.44. The third-order valence-electron chi connectivity index (χ3n) is 2.59. The van der Waals surface area contributed by atoms with Crippen LogP contribution in [0.4, 0.5) is 13.2 Å². The highest BCUT2D eigenvalue weighted by Gasteiger charge is 2.30. The molecule has 1 aromatic rings. The average molecular weight is 322 g/mol. The third kappa shape index (κ3) is 7.24. The van der Waals surface area contributed by atoms with Crippen molar-refractivity contribution in [2.75, 3.05) is 12.0 Å². The molecule has 3 N–H and O–H groups in total. The minimum absolute atomic E-state index is 0.206. The summed E-state index contributed by atoms with van der Waals surface area (Å²) in [6.07, 6.45) is -2.21. The zero-order chi connectivity index (χ0) is 15.9. The summed E-state index contributed by atoms with van der Waals surface area (Å²) in [5.41, 5.74) is 6.35. The molecule has 1 rings (SSSR count). The Morgan fingerprint density at radius 1 is 1.38 bits per heavy atom. The van der Waals surface area contributed by atoms with E-state index in [1.54, 1.807) is 11.8 Å². The van der Waals surface area contributed by atoms with Crippen LogP contribution >= 0.6 is 11.8 Å². The summed E-state index contributed by atoms with van der Waals surface area (Å²) in [5, 5.41) is 2.64. The van der Waals surface area contributed by atoms with Crippen molar-refractivity contribution >= 4 is 17.7 Å². The largest absolute Gasteiger partial charge is 0.573 e. The van der Waals surface area contributed by atoms with E-state index in [0.29, 0.717) is 12.0 Å². The number of nitrogens with one attached hydrogen (secondary N) is 1. The van der Waals surface area contributed by atoms with E-state index in [1.807, 2.05) is 6.26 Å². The monoisotopic (exact) mass is 322 g/mol. The lowest BCUT2D eigenvalue weighted by molar-refractivity contribution is -0.274. The van der Waals surface area contributed by atoms with E-state index in [0.717, 1.165) is 5.75 Å². The summed E-state index contributed by atoms with van der Waals surface area (Å²) in [4.78, 5) is 11.7. The highest BCUT2D eigenvalue weighted by atomic mass is 32.2. The molecule has 1 aromatic carbocycles. The second-order valence-electron chi connectivity index (χ2n) is 4.30. The number of carbonyl (C=O) groups is 1. The van der Waals surface area contributed by atoms with Crippen molar-refractivity contribution < 1.29 is 22.7 Å². The van der Waals surface area contributed by atoms with Gasteiger partial charge in [-0.2, -0.15) is 11.8 Å². The SMILES string of the molecule is CSCC[C@H](N)C(=O)NCc1ccc(OC(F)(F)F)cc1. The van der Waals surface area contributed by atoms with Gasteiger partial charge in [0, 0.05) is 6.54 Å². The number of nitrogens with two attached hydrogens (primary N) is 1. The number of amides is 1. The molecule has 0 saturated carbocycles. The predicted octanol–water partition coefficient (Wildman–Crippen LogP) is 2.28. The molecule has 0 aliphatic carbocycles. The quantitative estimate of drug-likeness (QED) is 0.808. The first kappa shape index (κ1) is 17.6. The van der Waals surface area contributed by atoms with Crippen molar-refractivity contribution in [2.45, 2.75) is 25.4 Å². The molecular weight excluding hydrogens is 305 g/mol. The van der Waals surface area contributed by atoms with Crippen molar-refractivity contribution in [3.05, 3.63) is 29.8 Å². The van der Waals surface area contributed by atoms with E-state index in [1.165, 1.54) is 24.3 Å². The molecule has 0 heterocycles. The molecule has 0 radical (unpaired) electrons. The maximum atomic E-state index is 12.0. The molecule has 0 spiro atoms. The number of hydrogen-bond acceptors (Lipinski definition) is 4. The fraction of sp³-hybridized carbons (Fsp3) is 0.462. The van der Waals surface area contributed by atoms with Gasteiger partial charge in [0.2, 0.25) is 5.91 Å². The first-order valence-corrected chi connectivity index (χ1v) is 7.58. The highest BCUT2D eigenvalue weighted by molar-refractivity contribution is 7.98. The molecule has 118 valence electrons. The fourth-order valence-electron chi connectivity index (χ4n) is 1.51. The second-order valence-corrected chi connectivity index (χ2v) is 5.28. The summed E-state index contributed by atoms with van der Waals surface area (Å²) in [6, 6.07) is 4.72. The van der Waals surface area contributed by atoms with Crippen LogP contribution in [0.15, 0.2) is 24.3 Å². The number of thioether (sulfide) groups is 1. The van der Waals surface area contributed by atoms with Crippen molar-refractivity contribution in [3.63, 3.8) is 0 Å². The molecule has 1 atom stereocenters. The van der Waals surface area contributed by atoms with Crippen LogP contribution in [0, 0.1) is 0 Å². The summed E-state index contributed by atoms with van der Waals surface area (Å²) >= 11 is 1.60. The molecule has 1 amide bonds. The van der Waals surface area contributed by atoms with Gasteiger partial charge in [0.25, 0.3) is 0 Å². The number of rotatable bonds is 7. The Bertz CT molecular complexity index is 452. The Morgan fingerprint density at radius 3 is 2.52 bits per heavy atom. The molecule has 0 unspecified atom stereocenters. The lowest BCUT2D eigenvalue weighted by Crippen LogP contribution is -2.40. The first-order chi connectivity index (χ1) is 9.81. The van der Waals surface area contributed by atoms with E-state index in [9.17, 15) is 18.0 Å².